The first kappa shape index (κ1) is 15.3. The number of halogens is 1. The van der Waals surface area contributed by atoms with E-state index in [0.717, 1.165) is 12.2 Å². The minimum atomic E-state index is -3.54. The fourth-order valence-electron chi connectivity index (χ4n) is 1.96. The van der Waals surface area contributed by atoms with E-state index in [2.05, 4.69) is 40.1 Å². The average Bonchev–Trinajstić information content (AvgIpc) is 2.52. The first-order valence-electron chi connectivity index (χ1n) is 5.93. The van der Waals surface area contributed by atoms with Gasteiger partial charge in [-0.2, -0.15) is 16.1 Å². The summed E-state index contributed by atoms with van der Waals surface area (Å²) in [6.45, 7) is 5.35. The number of aromatic nitrogens is 3. The van der Waals surface area contributed by atoms with Gasteiger partial charge in [0.2, 0.25) is 5.03 Å². The molecule has 9 heteroatoms. The molecule has 0 aliphatic carbocycles. The topological polar surface area (TPSA) is 68.1 Å². The molecule has 6 nitrogen and oxygen atoms in total. The molecule has 0 N–H and O–H groups in total. The van der Waals surface area contributed by atoms with Crippen LogP contribution >= 0.6 is 27.7 Å². The zero-order valence-corrected chi connectivity index (χ0v) is 14.3. The van der Waals surface area contributed by atoms with Crippen LogP contribution in [0.5, 0.6) is 0 Å². The molecule has 19 heavy (non-hydrogen) atoms. The van der Waals surface area contributed by atoms with Crippen molar-refractivity contribution in [2.75, 3.05) is 18.8 Å². The van der Waals surface area contributed by atoms with E-state index >= 15 is 0 Å². The van der Waals surface area contributed by atoms with Crippen LogP contribution in [0.1, 0.15) is 20.3 Å². The van der Waals surface area contributed by atoms with Crippen molar-refractivity contribution in [3.63, 3.8) is 0 Å². The van der Waals surface area contributed by atoms with Gasteiger partial charge in [0.1, 0.15) is 0 Å². The highest BCUT2D eigenvalue weighted by Gasteiger charge is 2.34. The average molecular weight is 369 g/mol. The Labute approximate surface area is 126 Å². The van der Waals surface area contributed by atoms with Crippen LogP contribution in [-0.2, 0) is 17.1 Å². The van der Waals surface area contributed by atoms with Crippen molar-refractivity contribution in [2.24, 2.45) is 7.05 Å². The Morgan fingerprint density at radius 1 is 1.37 bits per heavy atom. The van der Waals surface area contributed by atoms with Crippen molar-refractivity contribution in [1.29, 1.82) is 0 Å². The molecule has 1 aromatic heterocycles. The Morgan fingerprint density at radius 2 is 2.05 bits per heavy atom. The Bertz CT molecular complexity index is 551. The second-order valence-electron chi connectivity index (χ2n) is 5.07. The van der Waals surface area contributed by atoms with Gasteiger partial charge in [-0.15, -0.1) is 5.10 Å². The standard InChI is InChI=1S/C10H17BrN4O2S2/c1-10(2)4-5-15(6-7-18-10)19(16,17)9-8(11)12-13-14(9)3/h4-7H2,1-3H3. The summed E-state index contributed by atoms with van der Waals surface area (Å²) in [4.78, 5) is 0. The van der Waals surface area contributed by atoms with Gasteiger partial charge in [-0.25, -0.2) is 13.1 Å². The predicted molar refractivity (Wildman–Crippen MR) is 78.6 cm³/mol. The Balaban J connectivity index is 2.31. The van der Waals surface area contributed by atoms with Crippen LogP contribution in [0.2, 0.25) is 0 Å². The zero-order valence-electron chi connectivity index (χ0n) is 11.1. The molecular formula is C10H17BrN4O2S2. The quantitative estimate of drug-likeness (QED) is 0.790. The predicted octanol–water partition coefficient (Wildman–Crippen LogP) is 1.48. The zero-order chi connectivity index (χ0) is 14.3. The number of sulfonamides is 1. The summed E-state index contributed by atoms with van der Waals surface area (Å²) in [6.07, 6.45) is 0.833. The summed E-state index contributed by atoms with van der Waals surface area (Å²) in [7, 11) is -1.96. The van der Waals surface area contributed by atoms with Gasteiger partial charge in [0.05, 0.1) is 0 Å². The third-order valence-corrected chi connectivity index (χ3v) is 7.28. The van der Waals surface area contributed by atoms with Gasteiger partial charge in [0, 0.05) is 30.6 Å². The van der Waals surface area contributed by atoms with E-state index < -0.39 is 10.0 Å². The molecular weight excluding hydrogens is 352 g/mol. The lowest BCUT2D eigenvalue weighted by Gasteiger charge is -2.22. The van der Waals surface area contributed by atoms with Gasteiger partial charge in [0.25, 0.3) is 10.0 Å². The van der Waals surface area contributed by atoms with Crippen LogP contribution < -0.4 is 0 Å². The second-order valence-corrected chi connectivity index (χ2v) is 9.48. The normalized spacial score (nSPS) is 21.3. The maximum absolute atomic E-state index is 12.6. The minimum Gasteiger partial charge on any atom is -0.235 e. The van der Waals surface area contributed by atoms with E-state index in [0.29, 0.717) is 13.1 Å². The number of aryl methyl sites for hydroxylation is 1. The van der Waals surface area contributed by atoms with Gasteiger partial charge >= 0.3 is 0 Å². The smallest absolute Gasteiger partial charge is 0.235 e. The monoisotopic (exact) mass is 368 g/mol. The molecule has 0 unspecified atom stereocenters. The van der Waals surface area contributed by atoms with Crippen molar-refractivity contribution in [1.82, 2.24) is 19.3 Å². The van der Waals surface area contributed by atoms with Crippen LogP contribution in [0, 0.1) is 0 Å². The lowest BCUT2D eigenvalue weighted by Crippen LogP contribution is -2.35. The number of thioether (sulfide) groups is 1. The molecule has 1 aromatic rings. The lowest BCUT2D eigenvalue weighted by molar-refractivity contribution is 0.409. The molecule has 2 heterocycles. The van der Waals surface area contributed by atoms with E-state index in [1.807, 2.05) is 11.8 Å². The van der Waals surface area contributed by atoms with Crippen LogP contribution in [0.15, 0.2) is 9.63 Å². The van der Waals surface area contributed by atoms with Crippen LogP contribution in [0.25, 0.3) is 0 Å². The molecule has 1 aliphatic heterocycles. The third-order valence-electron chi connectivity index (χ3n) is 3.12. The molecule has 0 atom stereocenters. The highest BCUT2D eigenvalue weighted by Crippen LogP contribution is 2.33. The summed E-state index contributed by atoms with van der Waals surface area (Å²) in [5.41, 5.74) is 0. The van der Waals surface area contributed by atoms with Gasteiger partial charge < -0.3 is 0 Å². The first-order chi connectivity index (χ1) is 8.74. The fraction of sp³-hybridized carbons (Fsp3) is 0.800. The van der Waals surface area contributed by atoms with Gasteiger partial charge in [-0.3, -0.25) is 0 Å². The van der Waals surface area contributed by atoms with Crippen LogP contribution in [0.3, 0.4) is 0 Å². The van der Waals surface area contributed by atoms with E-state index in [1.165, 1.54) is 8.99 Å². The maximum atomic E-state index is 12.6. The largest absolute Gasteiger partial charge is 0.263 e. The molecule has 0 radical (unpaired) electrons. The van der Waals surface area contributed by atoms with E-state index in [-0.39, 0.29) is 14.4 Å². The maximum Gasteiger partial charge on any atom is 0.263 e. The molecule has 0 bridgehead atoms. The second kappa shape index (κ2) is 5.34. The minimum absolute atomic E-state index is 0.117. The molecule has 108 valence electrons. The fourth-order valence-corrected chi connectivity index (χ4v) is 5.65. The van der Waals surface area contributed by atoms with E-state index in [1.54, 1.807) is 7.05 Å². The molecule has 1 fully saturated rings. The van der Waals surface area contributed by atoms with Crippen molar-refractivity contribution in [2.45, 2.75) is 30.0 Å². The summed E-state index contributed by atoms with van der Waals surface area (Å²) in [5.74, 6) is 0.801. The van der Waals surface area contributed by atoms with Gasteiger partial charge in [-0.1, -0.05) is 19.1 Å². The third kappa shape index (κ3) is 3.14. The summed E-state index contributed by atoms with van der Waals surface area (Å²) in [6, 6.07) is 0. The Hall–Kier alpha value is -0.120. The molecule has 2 rings (SSSR count). The van der Waals surface area contributed by atoms with Gasteiger partial charge in [0.15, 0.2) is 4.60 Å². The van der Waals surface area contributed by atoms with Gasteiger partial charge in [-0.05, 0) is 22.4 Å². The SMILES string of the molecule is Cn1nnc(Br)c1S(=O)(=O)N1CCSC(C)(C)CC1. The molecule has 0 amide bonds. The van der Waals surface area contributed by atoms with Crippen molar-refractivity contribution < 1.29 is 8.42 Å². The number of nitrogens with zero attached hydrogens (tertiary/aromatic N) is 4. The van der Waals surface area contributed by atoms with E-state index in [4.69, 9.17) is 0 Å². The summed E-state index contributed by atoms with van der Waals surface area (Å²) in [5, 5.41) is 7.61. The van der Waals surface area contributed by atoms with Crippen LogP contribution in [0.4, 0.5) is 0 Å². The lowest BCUT2D eigenvalue weighted by atomic mass is 10.1. The first-order valence-corrected chi connectivity index (χ1v) is 9.15. The number of rotatable bonds is 2. The molecule has 0 spiro atoms. The highest BCUT2D eigenvalue weighted by molar-refractivity contribution is 9.10. The van der Waals surface area contributed by atoms with Crippen molar-refractivity contribution in [3.05, 3.63) is 4.60 Å². The van der Waals surface area contributed by atoms with Crippen molar-refractivity contribution in [3.8, 4) is 0 Å². The van der Waals surface area contributed by atoms with E-state index in [9.17, 15) is 8.42 Å². The molecule has 1 saturated heterocycles. The Morgan fingerprint density at radius 3 is 2.63 bits per heavy atom. The highest BCUT2D eigenvalue weighted by atomic mass is 79.9. The van der Waals surface area contributed by atoms with Crippen LogP contribution in [-0.4, -0.2) is 51.3 Å². The number of hydrogen-bond acceptors (Lipinski definition) is 5. The van der Waals surface area contributed by atoms with Crippen molar-refractivity contribution >= 4 is 37.7 Å². The summed E-state index contributed by atoms with van der Waals surface area (Å²) < 4.78 is 28.5. The molecule has 1 aliphatic rings. The Kier molecular flexibility index (Phi) is 4.29. The number of hydrogen-bond donors (Lipinski definition) is 0. The molecule has 0 saturated carbocycles. The summed E-state index contributed by atoms with van der Waals surface area (Å²) >= 11 is 4.97. The molecule has 0 aromatic carbocycles.